The minimum atomic E-state index is -0.267. The van der Waals surface area contributed by atoms with Gasteiger partial charge in [-0.05, 0) is 48.0 Å². The summed E-state index contributed by atoms with van der Waals surface area (Å²) in [5.74, 6) is 0.918. The summed E-state index contributed by atoms with van der Waals surface area (Å²) in [6, 6.07) is 18.1. The maximum absolute atomic E-state index is 13.1. The fourth-order valence-electron chi connectivity index (χ4n) is 3.10. The van der Waals surface area contributed by atoms with Gasteiger partial charge in [-0.2, -0.15) is 0 Å². The quantitative estimate of drug-likeness (QED) is 0.304. The lowest BCUT2D eigenvalue weighted by Crippen LogP contribution is -2.09. The summed E-state index contributed by atoms with van der Waals surface area (Å²) in [4.78, 5) is 15.1. The van der Waals surface area contributed by atoms with Crippen LogP contribution >= 0.6 is 23.2 Å². The molecule has 5 nitrogen and oxygen atoms in total. The molecule has 0 fully saturated rings. The van der Waals surface area contributed by atoms with E-state index >= 15 is 0 Å². The Hall–Kier alpha value is -3.15. The van der Waals surface area contributed by atoms with Gasteiger partial charge in [0, 0.05) is 53.9 Å². The van der Waals surface area contributed by atoms with E-state index in [1.807, 2.05) is 49.3 Å². The first-order valence-electron chi connectivity index (χ1n) is 9.80. The van der Waals surface area contributed by atoms with E-state index in [1.165, 1.54) is 6.08 Å². The van der Waals surface area contributed by atoms with E-state index in [0.29, 0.717) is 32.8 Å². The van der Waals surface area contributed by atoms with E-state index in [1.54, 1.807) is 44.6 Å². The molecule has 0 heterocycles. The molecule has 0 aliphatic rings. The number of rotatable bonds is 8. The molecule has 3 aromatic carbocycles. The van der Waals surface area contributed by atoms with Crippen LogP contribution in [0.2, 0.25) is 10.0 Å². The third-order valence-electron chi connectivity index (χ3n) is 4.83. The molecule has 32 heavy (non-hydrogen) atoms. The number of benzene rings is 3. The summed E-state index contributed by atoms with van der Waals surface area (Å²) >= 11 is 12.3. The van der Waals surface area contributed by atoms with Crippen molar-refractivity contribution in [3.63, 3.8) is 0 Å². The lowest BCUT2D eigenvalue weighted by molar-refractivity contribution is 0.104. The molecule has 0 unspecified atom stereocenters. The highest BCUT2D eigenvalue weighted by molar-refractivity contribution is 6.36. The van der Waals surface area contributed by atoms with Gasteiger partial charge in [0.05, 0.1) is 19.2 Å². The van der Waals surface area contributed by atoms with Gasteiger partial charge in [0.25, 0.3) is 0 Å². The number of nitrogens with one attached hydrogen (secondary N) is 1. The van der Waals surface area contributed by atoms with Crippen molar-refractivity contribution in [3.05, 3.63) is 87.9 Å². The van der Waals surface area contributed by atoms with Gasteiger partial charge in [0.2, 0.25) is 0 Å². The zero-order valence-corrected chi connectivity index (χ0v) is 19.8. The van der Waals surface area contributed by atoms with Crippen LogP contribution in [0.5, 0.6) is 11.5 Å². The number of carbonyl (C=O) groups excluding carboxylic acids is 1. The minimum Gasteiger partial charge on any atom is -0.493 e. The van der Waals surface area contributed by atoms with Gasteiger partial charge in [-0.15, -0.1) is 0 Å². The Morgan fingerprint density at radius 3 is 2.22 bits per heavy atom. The molecule has 0 radical (unpaired) electrons. The van der Waals surface area contributed by atoms with E-state index in [0.717, 1.165) is 16.9 Å². The first kappa shape index (κ1) is 23.5. The number of ketones is 1. The number of hydrogen-bond donors (Lipinski definition) is 1. The Morgan fingerprint density at radius 2 is 1.59 bits per heavy atom. The Morgan fingerprint density at radius 1 is 0.906 bits per heavy atom. The van der Waals surface area contributed by atoms with Gasteiger partial charge in [-0.3, -0.25) is 4.79 Å². The molecule has 0 bridgehead atoms. The summed E-state index contributed by atoms with van der Waals surface area (Å²) in [6.07, 6.45) is 1.51. The molecular weight excluding hydrogens is 447 g/mol. The van der Waals surface area contributed by atoms with Crippen molar-refractivity contribution in [2.45, 2.75) is 0 Å². The van der Waals surface area contributed by atoms with Crippen LogP contribution < -0.4 is 19.7 Å². The molecule has 7 heteroatoms. The van der Waals surface area contributed by atoms with E-state index in [4.69, 9.17) is 32.7 Å². The molecule has 3 rings (SSSR count). The number of anilines is 2. The van der Waals surface area contributed by atoms with Gasteiger partial charge < -0.3 is 19.7 Å². The van der Waals surface area contributed by atoms with Crippen LogP contribution in [0.15, 0.2) is 66.7 Å². The molecule has 1 N–H and O–H groups in total. The highest BCUT2D eigenvalue weighted by Gasteiger charge is 2.13. The monoisotopic (exact) mass is 470 g/mol. The second-order valence-corrected chi connectivity index (χ2v) is 8.03. The van der Waals surface area contributed by atoms with Crippen LogP contribution in [0.3, 0.4) is 0 Å². The fourth-order valence-corrected chi connectivity index (χ4v) is 3.48. The molecule has 0 saturated heterocycles. The maximum atomic E-state index is 13.1. The van der Waals surface area contributed by atoms with Crippen molar-refractivity contribution in [2.24, 2.45) is 0 Å². The number of ether oxygens (including phenoxy) is 2. The summed E-state index contributed by atoms with van der Waals surface area (Å²) in [6.45, 7) is 0. The summed E-state index contributed by atoms with van der Waals surface area (Å²) in [5, 5.41) is 4.10. The Kier molecular flexibility index (Phi) is 7.67. The molecule has 0 aliphatic carbocycles. The number of carbonyl (C=O) groups is 1. The van der Waals surface area contributed by atoms with Crippen molar-refractivity contribution in [3.8, 4) is 11.5 Å². The highest BCUT2D eigenvalue weighted by Crippen LogP contribution is 2.32. The van der Waals surface area contributed by atoms with Crippen molar-refractivity contribution < 1.29 is 14.3 Å². The standard InChI is InChI=1S/C25H24Cl2N2O3/c1-29(2)19-9-5-16(6-10-19)22(15-23(30)20-13-17(26)7-11-21(20)27)28-18-8-12-24(31-3)25(14-18)32-4/h5-15,28H,1-4H3/b22-15+. The molecule has 0 saturated carbocycles. The van der Waals surface area contributed by atoms with Crippen molar-refractivity contribution in [1.29, 1.82) is 0 Å². The van der Waals surface area contributed by atoms with Crippen molar-refractivity contribution in [2.75, 3.05) is 38.5 Å². The molecule has 0 aliphatic heterocycles. The number of hydrogen-bond acceptors (Lipinski definition) is 5. The third-order valence-corrected chi connectivity index (χ3v) is 5.39. The summed E-state index contributed by atoms with van der Waals surface area (Å²) in [7, 11) is 7.09. The molecule has 166 valence electrons. The topological polar surface area (TPSA) is 50.8 Å². The number of halogens is 2. The average Bonchev–Trinajstić information content (AvgIpc) is 2.80. The zero-order valence-electron chi connectivity index (χ0n) is 18.3. The lowest BCUT2D eigenvalue weighted by Gasteiger charge is -2.16. The van der Waals surface area contributed by atoms with Crippen LogP contribution in [0.1, 0.15) is 15.9 Å². The van der Waals surface area contributed by atoms with E-state index in [-0.39, 0.29) is 5.78 Å². The SMILES string of the molecule is COc1ccc(N/C(=C/C(=O)c2cc(Cl)ccc2Cl)c2ccc(N(C)C)cc2)cc1OC. The average molecular weight is 471 g/mol. The molecule has 0 amide bonds. The van der Waals surface area contributed by atoms with Crippen LogP contribution in [-0.4, -0.2) is 34.1 Å². The second-order valence-electron chi connectivity index (χ2n) is 7.18. The highest BCUT2D eigenvalue weighted by atomic mass is 35.5. The molecule has 0 aromatic heterocycles. The predicted octanol–water partition coefficient (Wildman–Crippen LogP) is 6.41. The van der Waals surface area contributed by atoms with Crippen molar-refractivity contribution >= 4 is 46.1 Å². The van der Waals surface area contributed by atoms with E-state index < -0.39 is 0 Å². The van der Waals surface area contributed by atoms with Gasteiger partial charge in [-0.1, -0.05) is 35.3 Å². The van der Waals surface area contributed by atoms with Crippen LogP contribution in [-0.2, 0) is 0 Å². The smallest absolute Gasteiger partial charge is 0.189 e. The van der Waals surface area contributed by atoms with Crippen LogP contribution in [0, 0.1) is 0 Å². The van der Waals surface area contributed by atoms with Crippen molar-refractivity contribution in [1.82, 2.24) is 0 Å². The fraction of sp³-hybridized carbons (Fsp3) is 0.160. The first-order valence-corrected chi connectivity index (χ1v) is 10.6. The number of methoxy groups -OCH3 is 2. The van der Waals surface area contributed by atoms with Crippen LogP contribution in [0.25, 0.3) is 5.70 Å². The first-order chi connectivity index (χ1) is 15.3. The Labute approximate surface area is 198 Å². The minimum absolute atomic E-state index is 0.267. The van der Waals surface area contributed by atoms with Gasteiger partial charge >= 0.3 is 0 Å². The molecule has 3 aromatic rings. The van der Waals surface area contributed by atoms with Crippen LogP contribution in [0.4, 0.5) is 11.4 Å². The Balaban J connectivity index is 2.04. The molecule has 0 spiro atoms. The third kappa shape index (κ3) is 5.55. The normalized spacial score (nSPS) is 11.1. The summed E-state index contributed by atoms with van der Waals surface area (Å²) < 4.78 is 10.7. The maximum Gasteiger partial charge on any atom is 0.189 e. The lowest BCUT2D eigenvalue weighted by atomic mass is 10.1. The molecular formula is C25H24Cl2N2O3. The number of allylic oxidation sites excluding steroid dienone is 1. The van der Waals surface area contributed by atoms with Gasteiger partial charge in [0.15, 0.2) is 17.3 Å². The summed E-state index contributed by atoms with van der Waals surface area (Å²) in [5.41, 5.74) is 3.54. The molecule has 0 atom stereocenters. The van der Waals surface area contributed by atoms with Gasteiger partial charge in [0.1, 0.15) is 0 Å². The van der Waals surface area contributed by atoms with Gasteiger partial charge in [-0.25, -0.2) is 0 Å². The zero-order chi connectivity index (χ0) is 23.3. The predicted molar refractivity (Wildman–Crippen MR) is 133 cm³/mol. The second kappa shape index (κ2) is 10.4. The van der Waals surface area contributed by atoms with E-state index in [2.05, 4.69) is 5.32 Å². The Bertz CT molecular complexity index is 1140. The van der Waals surface area contributed by atoms with E-state index in [9.17, 15) is 4.79 Å². The number of nitrogens with zero attached hydrogens (tertiary/aromatic N) is 1. The largest absolute Gasteiger partial charge is 0.493 e.